The predicted molar refractivity (Wildman–Crippen MR) is 92.6 cm³/mol. The summed E-state index contributed by atoms with van der Waals surface area (Å²) in [6.07, 6.45) is 0.734. The molecule has 130 valence electrons. The van der Waals surface area contributed by atoms with Crippen molar-refractivity contribution in [2.45, 2.75) is 26.8 Å². The molecule has 2 heterocycles. The van der Waals surface area contributed by atoms with E-state index in [2.05, 4.69) is 20.6 Å². The van der Waals surface area contributed by atoms with Gasteiger partial charge < -0.3 is 9.84 Å². The van der Waals surface area contributed by atoms with E-state index in [1.54, 1.807) is 4.68 Å². The summed E-state index contributed by atoms with van der Waals surface area (Å²) in [4.78, 5) is 16.2. The Hall–Kier alpha value is -2.67. The fourth-order valence-electron chi connectivity index (χ4n) is 2.41. The fourth-order valence-corrected chi connectivity index (χ4v) is 2.55. The zero-order valence-electron chi connectivity index (χ0n) is 14.0. The Morgan fingerprint density at radius 3 is 2.72 bits per heavy atom. The van der Waals surface area contributed by atoms with Crippen molar-refractivity contribution in [1.82, 2.24) is 25.2 Å². The first-order valence-electron chi connectivity index (χ1n) is 7.89. The van der Waals surface area contributed by atoms with Crippen LogP contribution >= 0.6 is 11.6 Å². The van der Waals surface area contributed by atoms with Crippen LogP contribution in [0, 0.1) is 13.8 Å². The molecular formula is C17H18ClN5O2. The van der Waals surface area contributed by atoms with Gasteiger partial charge in [0.25, 0.3) is 0 Å². The highest BCUT2D eigenvalue weighted by atomic mass is 35.5. The molecule has 25 heavy (non-hydrogen) atoms. The van der Waals surface area contributed by atoms with E-state index in [1.807, 2.05) is 44.2 Å². The van der Waals surface area contributed by atoms with Gasteiger partial charge in [0.15, 0.2) is 5.82 Å². The van der Waals surface area contributed by atoms with Gasteiger partial charge in [0.2, 0.25) is 0 Å². The molecule has 0 radical (unpaired) electrons. The van der Waals surface area contributed by atoms with Crippen molar-refractivity contribution >= 4 is 17.5 Å². The average molecular weight is 360 g/mol. The average Bonchev–Trinajstić information content (AvgIpc) is 3.17. The van der Waals surface area contributed by atoms with Crippen molar-refractivity contribution < 1.29 is 9.32 Å². The van der Waals surface area contributed by atoms with E-state index in [9.17, 15) is 4.79 Å². The molecule has 1 N–H and O–H groups in total. The third-order valence-corrected chi connectivity index (χ3v) is 4.34. The Bertz CT molecular complexity index is 873. The molecule has 0 bridgehead atoms. The van der Waals surface area contributed by atoms with Crippen molar-refractivity contribution in [1.29, 1.82) is 0 Å². The molecule has 0 atom stereocenters. The van der Waals surface area contributed by atoms with Crippen LogP contribution < -0.4 is 5.32 Å². The first-order valence-corrected chi connectivity index (χ1v) is 8.26. The molecule has 0 aliphatic rings. The third kappa shape index (κ3) is 4.06. The second-order valence-corrected chi connectivity index (χ2v) is 6.03. The maximum atomic E-state index is 12.1. The van der Waals surface area contributed by atoms with Crippen molar-refractivity contribution in [3.05, 3.63) is 64.0 Å². The third-order valence-electron chi connectivity index (χ3n) is 3.79. The van der Waals surface area contributed by atoms with Gasteiger partial charge in [-0.1, -0.05) is 47.1 Å². The number of halogens is 1. The number of nitrogens with one attached hydrogen (secondary N) is 1. The van der Waals surface area contributed by atoms with Gasteiger partial charge in [0.1, 0.15) is 6.54 Å². The summed E-state index contributed by atoms with van der Waals surface area (Å²) < 4.78 is 6.71. The number of aromatic nitrogens is 4. The second-order valence-electron chi connectivity index (χ2n) is 5.65. The van der Waals surface area contributed by atoms with Crippen LogP contribution in [0.1, 0.15) is 33.5 Å². The summed E-state index contributed by atoms with van der Waals surface area (Å²) in [5.74, 6) is -0.0766. The number of hydrogen-bond donors (Lipinski definition) is 1. The van der Waals surface area contributed by atoms with Crippen LogP contribution in [-0.4, -0.2) is 32.4 Å². The van der Waals surface area contributed by atoms with Gasteiger partial charge in [-0.05, 0) is 25.8 Å². The second kappa shape index (κ2) is 7.48. The lowest BCUT2D eigenvalue weighted by molar-refractivity contribution is 0.0910. The number of benzene rings is 1. The number of amides is 1. The Balaban J connectivity index is 1.57. The minimum atomic E-state index is -0.388. The summed E-state index contributed by atoms with van der Waals surface area (Å²) >= 11 is 6.12. The molecule has 1 amide bonds. The highest BCUT2D eigenvalue weighted by Crippen LogP contribution is 2.19. The van der Waals surface area contributed by atoms with E-state index < -0.39 is 0 Å². The monoisotopic (exact) mass is 359 g/mol. The van der Waals surface area contributed by atoms with E-state index in [-0.39, 0.29) is 11.8 Å². The topological polar surface area (TPSA) is 85.8 Å². The summed E-state index contributed by atoms with van der Waals surface area (Å²) in [7, 11) is 0. The standard InChI is InChI=1S/C17H18ClN5O2/c1-11-15(18)12(2)23(21-11)10-14-20-17(25-22-14)16(24)19-9-8-13-6-4-3-5-7-13/h3-7H,8-10H2,1-2H3,(H,19,24). The van der Waals surface area contributed by atoms with Crippen LogP contribution in [0.2, 0.25) is 5.02 Å². The number of aryl methyl sites for hydroxylation is 1. The number of hydrogen-bond acceptors (Lipinski definition) is 5. The Morgan fingerprint density at radius 1 is 1.28 bits per heavy atom. The van der Waals surface area contributed by atoms with E-state index in [0.29, 0.717) is 23.9 Å². The van der Waals surface area contributed by atoms with Crippen molar-refractivity contribution in [3.63, 3.8) is 0 Å². The molecular weight excluding hydrogens is 342 g/mol. The summed E-state index contributed by atoms with van der Waals surface area (Å²) in [5.41, 5.74) is 2.70. The number of nitrogens with zero attached hydrogens (tertiary/aromatic N) is 4. The maximum Gasteiger partial charge on any atom is 0.316 e. The van der Waals surface area contributed by atoms with Crippen molar-refractivity contribution in [2.75, 3.05) is 6.54 Å². The zero-order valence-corrected chi connectivity index (χ0v) is 14.7. The van der Waals surface area contributed by atoms with E-state index in [4.69, 9.17) is 16.1 Å². The van der Waals surface area contributed by atoms with Gasteiger partial charge in [-0.2, -0.15) is 10.1 Å². The largest absolute Gasteiger partial charge is 0.347 e. The molecule has 0 unspecified atom stereocenters. The molecule has 3 rings (SSSR count). The normalized spacial score (nSPS) is 10.8. The molecule has 2 aromatic heterocycles. The fraction of sp³-hybridized carbons (Fsp3) is 0.294. The van der Waals surface area contributed by atoms with E-state index in [0.717, 1.165) is 23.4 Å². The number of carbonyl (C=O) groups excluding carboxylic acids is 1. The number of carbonyl (C=O) groups is 1. The Kier molecular flexibility index (Phi) is 5.14. The molecule has 0 aliphatic carbocycles. The van der Waals surface area contributed by atoms with Crippen LogP contribution in [-0.2, 0) is 13.0 Å². The first kappa shape index (κ1) is 17.2. The molecule has 0 aliphatic heterocycles. The highest BCUT2D eigenvalue weighted by Gasteiger charge is 2.17. The molecule has 3 aromatic rings. The van der Waals surface area contributed by atoms with Crippen LogP contribution in [0.3, 0.4) is 0 Å². The van der Waals surface area contributed by atoms with Gasteiger partial charge >= 0.3 is 11.8 Å². The van der Waals surface area contributed by atoms with E-state index >= 15 is 0 Å². The van der Waals surface area contributed by atoms with Crippen LogP contribution in [0.15, 0.2) is 34.9 Å². The molecule has 0 spiro atoms. The van der Waals surface area contributed by atoms with Gasteiger partial charge in [0.05, 0.1) is 16.4 Å². The lowest BCUT2D eigenvalue weighted by atomic mass is 10.1. The van der Waals surface area contributed by atoms with Crippen LogP contribution in [0.5, 0.6) is 0 Å². The minimum Gasteiger partial charge on any atom is -0.347 e. The lowest BCUT2D eigenvalue weighted by Crippen LogP contribution is -2.26. The smallest absolute Gasteiger partial charge is 0.316 e. The minimum absolute atomic E-state index is 0.0595. The zero-order chi connectivity index (χ0) is 17.8. The Morgan fingerprint density at radius 2 is 2.04 bits per heavy atom. The molecule has 0 fully saturated rings. The van der Waals surface area contributed by atoms with Gasteiger partial charge in [-0.3, -0.25) is 9.48 Å². The predicted octanol–water partition coefficient (Wildman–Crippen LogP) is 2.56. The van der Waals surface area contributed by atoms with Gasteiger partial charge in [-0.15, -0.1) is 0 Å². The number of rotatable bonds is 6. The molecule has 0 saturated carbocycles. The summed E-state index contributed by atoms with van der Waals surface area (Å²) in [6, 6.07) is 9.91. The summed E-state index contributed by atoms with van der Waals surface area (Å²) in [6.45, 7) is 4.47. The molecule has 8 heteroatoms. The van der Waals surface area contributed by atoms with E-state index in [1.165, 1.54) is 0 Å². The maximum absolute atomic E-state index is 12.1. The SMILES string of the molecule is Cc1nn(Cc2noc(C(=O)NCCc3ccccc3)n2)c(C)c1Cl. The van der Waals surface area contributed by atoms with Crippen LogP contribution in [0.25, 0.3) is 0 Å². The molecule has 7 nitrogen and oxygen atoms in total. The first-order chi connectivity index (χ1) is 12.0. The molecule has 1 aromatic carbocycles. The Labute approximate surface area is 150 Å². The molecule has 0 saturated heterocycles. The van der Waals surface area contributed by atoms with Crippen LogP contribution in [0.4, 0.5) is 0 Å². The van der Waals surface area contributed by atoms with Gasteiger partial charge in [-0.25, -0.2) is 0 Å². The van der Waals surface area contributed by atoms with Gasteiger partial charge in [0, 0.05) is 6.54 Å². The summed E-state index contributed by atoms with van der Waals surface area (Å²) in [5, 5.41) is 11.5. The van der Waals surface area contributed by atoms with Crippen molar-refractivity contribution in [3.8, 4) is 0 Å². The lowest BCUT2D eigenvalue weighted by Gasteiger charge is -2.02. The van der Waals surface area contributed by atoms with Crippen molar-refractivity contribution in [2.24, 2.45) is 0 Å². The quantitative estimate of drug-likeness (QED) is 0.731. The highest BCUT2D eigenvalue weighted by molar-refractivity contribution is 6.31.